The molecule has 104 valence electrons. The number of halogens is 3. The van der Waals surface area contributed by atoms with Crippen LogP contribution in [-0.2, 0) is 11.0 Å². The van der Waals surface area contributed by atoms with E-state index in [1.165, 1.54) is 18.2 Å². The van der Waals surface area contributed by atoms with E-state index in [9.17, 15) is 18.0 Å². The average Bonchev–Trinajstić information content (AvgIpc) is 2.33. The molecule has 0 unspecified atom stereocenters. The van der Waals surface area contributed by atoms with Crippen LogP contribution in [0.15, 0.2) is 35.9 Å². The van der Waals surface area contributed by atoms with Crippen molar-refractivity contribution in [2.45, 2.75) is 19.5 Å². The molecule has 0 aromatic heterocycles. The molecule has 0 bridgehead atoms. The van der Waals surface area contributed by atoms with Gasteiger partial charge in [-0.2, -0.15) is 13.2 Å². The lowest BCUT2D eigenvalue weighted by molar-refractivity contribution is -0.137. The summed E-state index contributed by atoms with van der Waals surface area (Å²) in [4.78, 5) is 10.7. The van der Waals surface area contributed by atoms with Gasteiger partial charge in [-0.25, -0.2) is 4.79 Å². The molecule has 6 heteroatoms. The highest BCUT2D eigenvalue weighted by molar-refractivity contribution is 5.86. The predicted octanol–water partition coefficient (Wildman–Crippen LogP) is 3.54. The Morgan fingerprint density at radius 3 is 2.63 bits per heavy atom. The Morgan fingerprint density at radius 2 is 2.11 bits per heavy atom. The molecule has 19 heavy (non-hydrogen) atoms. The van der Waals surface area contributed by atoms with Crippen LogP contribution in [0.3, 0.4) is 0 Å². The standard InChI is InChI=1S/C13H14F3NO2/c1-2-9(12(18)19)6-7-17-11-5-3-4-10(8-11)13(14,15)16/h3-6,8,17H,2,7H2,1H3,(H,18,19)/b9-6-. The number of rotatable bonds is 5. The number of hydrogen-bond donors (Lipinski definition) is 2. The van der Waals surface area contributed by atoms with Gasteiger partial charge < -0.3 is 10.4 Å². The number of carboxylic acid groups (broad SMARTS) is 1. The van der Waals surface area contributed by atoms with Gasteiger partial charge in [-0.1, -0.05) is 19.1 Å². The Balaban J connectivity index is 2.71. The third-order valence-corrected chi connectivity index (χ3v) is 2.50. The molecule has 0 amide bonds. The molecule has 0 atom stereocenters. The number of carboxylic acids is 1. The van der Waals surface area contributed by atoms with Crippen LogP contribution < -0.4 is 5.32 Å². The van der Waals surface area contributed by atoms with Crippen LogP contribution in [0.25, 0.3) is 0 Å². The lowest BCUT2D eigenvalue weighted by Crippen LogP contribution is -2.07. The first-order chi connectivity index (χ1) is 8.84. The second-order valence-electron chi connectivity index (χ2n) is 3.85. The van der Waals surface area contributed by atoms with Crippen molar-refractivity contribution in [3.63, 3.8) is 0 Å². The maximum Gasteiger partial charge on any atom is 0.416 e. The van der Waals surface area contributed by atoms with Crippen LogP contribution in [0.2, 0.25) is 0 Å². The first-order valence-corrected chi connectivity index (χ1v) is 5.68. The van der Waals surface area contributed by atoms with Gasteiger partial charge in [-0.15, -0.1) is 0 Å². The van der Waals surface area contributed by atoms with Gasteiger partial charge in [-0.05, 0) is 24.6 Å². The van der Waals surface area contributed by atoms with Crippen LogP contribution in [0.5, 0.6) is 0 Å². The fraction of sp³-hybridized carbons (Fsp3) is 0.308. The summed E-state index contributed by atoms with van der Waals surface area (Å²) in [6.07, 6.45) is -2.58. The number of nitrogens with one attached hydrogen (secondary N) is 1. The van der Waals surface area contributed by atoms with Crippen molar-refractivity contribution in [3.8, 4) is 0 Å². The Bertz CT molecular complexity index is 481. The minimum absolute atomic E-state index is 0.163. The zero-order valence-corrected chi connectivity index (χ0v) is 10.3. The predicted molar refractivity (Wildman–Crippen MR) is 65.9 cm³/mol. The van der Waals surface area contributed by atoms with E-state index >= 15 is 0 Å². The van der Waals surface area contributed by atoms with Crippen molar-refractivity contribution in [1.82, 2.24) is 0 Å². The van der Waals surface area contributed by atoms with E-state index in [2.05, 4.69) is 5.32 Å². The quantitative estimate of drug-likeness (QED) is 0.807. The molecule has 2 N–H and O–H groups in total. The molecule has 0 aliphatic carbocycles. The first kappa shape index (κ1) is 15.1. The van der Waals surface area contributed by atoms with Crippen molar-refractivity contribution < 1.29 is 23.1 Å². The molecule has 3 nitrogen and oxygen atoms in total. The minimum Gasteiger partial charge on any atom is -0.478 e. The molecular weight excluding hydrogens is 259 g/mol. The van der Waals surface area contributed by atoms with E-state index < -0.39 is 17.7 Å². The van der Waals surface area contributed by atoms with E-state index in [0.717, 1.165) is 12.1 Å². The topological polar surface area (TPSA) is 49.3 Å². The summed E-state index contributed by atoms with van der Waals surface area (Å²) in [5.41, 5.74) is -0.221. The second kappa shape index (κ2) is 6.26. The number of anilines is 1. The average molecular weight is 273 g/mol. The third-order valence-electron chi connectivity index (χ3n) is 2.50. The number of benzene rings is 1. The summed E-state index contributed by atoms with van der Waals surface area (Å²) in [7, 11) is 0. The van der Waals surface area contributed by atoms with E-state index in [1.54, 1.807) is 6.92 Å². The highest BCUT2D eigenvalue weighted by atomic mass is 19.4. The van der Waals surface area contributed by atoms with Gasteiger partial charge in [-0.3, -0.25) is 0 Å². The number of aliphatic carboxylic acids is 1. The number of alkyl halides is 3. The van der Waals surface area contributed by atoms with Gasteiger partial charge in [0.05, 0.1) is 5.56 Å². The lowest BCUT2D eigenvalue weighted by Gasteiger charge is -2.09. The normalized spacial score (nSPS) is 12.3. The molecule has 1 aromatic rings. The molecule has 0 heterocycles. The van der Waals surface area contributed by atoms with Gasteiger partial charge in [0.25, 0.3) is 0 Å². The largest absolute Gasteiger partial charge is 0.478 e. The van der Waals surface area contributed by atoms with Gasteiger partial charge in [0.1, 0.15) is 0 Å². The van der Waals surface area contributed by atoms with Gasteiger partial charge in [0.15, 0.2) is 0 Å². The summed E-state index contributed by atoms with van der Waals surface area (Å²) in [5.74, 6) is -1.02. The number of hydrogen-bond acceptors (Lipinski definition) is 2. The molecule has 1 rings (SSSR count). The Morgan fingerprint density at radius 1 is 1.42 bits per heavy atom. The molecule has 0 spiro atoms. The van der Waals surface area contributed by atoms with Crippen molar-refractivity contribution in [2.24, 2.45) is 0 Å². The third kappa shape index (κ3) is 4.65. The summed E-state index contributed by atoms with van der Waals surface area (Å²) < 4.78 is 37.4. The first-order valence-electron chi connectivity index (χ1n) is 5.68. The lowest BCUT2D eigenvalue weighted by atomic mass is 10.2. The van der Waals surface area contributed by atoms with E-state index in [-0.39, 0.29) is 12.1 Å². The molecule has 0 fully saturated rings. The Hall–Kier alpha value is -1.98. The molecule has 0 aliphatic rings. The highest BCUT2D eigenvalue weighted by Crippen LogP contribution is 2.30. The second-order valence-corrected chi connectivity index (χ2v) is 3.85. The van der Waals surface area contributed by atoms with Crippen LogP contribution >= 0.6 is 0 Å². The summed E-state index contributed by atoms with van der Waals surface area (Å²) in [5, 5.41) is 11.5. The zero-order valence-electron chi connectivity index (χ0n) is 10.3. The maximum absolute atomic E-state index is 12.5. The van der Waals surface area contributed by atoms with Crippen molar-refractivity contribution in [3.05, 3.63) is 41.5 Å². The summed E-state index contributed by atoms with van der Waals surface area (Å²) in [6, 6.07) is 4.76. The highest BCUT2D eigenvalue weighted by Gasteiger charge is 2.30. The molecule has 0 saturated carbocycles. The van der Waals surface area contributed by atoms with E-state index in [0.29, 0.717) is 12.1 Å². The van der Waals surface area contributed by atoms with Gasteiger partial charge in [0, 0.05) is 17.8 Å². The van der Waals surface area contributed by atoms with Crippen LogP contribution in [0.4, 0.5) is 18.9 Å². The SMILES string of the molecule is CC/C(=C/CNc1cccc(C(F)(F)F)c1)C(=O)O. The Labute approximate surface area is 108 Å². The zero-order chi connectivity index (χ0) is 14.5. The van der Waals surface area contributed by atoms with E-state index in [1.807, 2.05) is 0 Å². The van der Waals surface area contributed by atoms with Gasteiger partial charge >= 0.3 is 12.1 Å². The molecule has 0 saturated heterocycles. The fourth-order valence-electron chi connectivity index (χ4n) is 1.48. The monoisotopic (exact) mass is 273 g/mol. The number of carbonyl (C=O) groups is 1. The fourth-order valence-corrected chi connectivity index (χ4v) is 1.48. The van der Waals surface area contributed by atoms with Crippen LogP contribution in [0, 0.1) is 0 Å². The van der Waals surface area contributed by atoms with Crippen molar-refractivity contribution in [1.29, 1.82) is 0 Å². The van der Waals surface area contributed by atoms with Crippen molar-refractivity contribution in [2.75, 3.05) is 11.9 Å². The molecule has 0 aliphatic heterocycles. The van der Waals surface area contributed by atoms with Crippen LogP contribution in [0.1, 0.15) is 18.9 Å². The smallest absolute Gasteiger partial charge is 0.416 e. The minimum atomic E-state index is -4.39. The maximum atomic E-state index is 12.5. The summed E-state index contributed by atoms with van der Waals surface area (Å²) in [6.45, 7) is 1.86. The summed E-state index contributed by atoms with van der Waals surface area (Å²) >= 11 is 0. The van der Waals surface area contributed by atoms with E-state index in [4.69, 9.17) is 5.11 Å². The molecular formula is C13H14F3NO2. The molecule has 0 radical (unpaired) electrons. The van der Waals surface area contributed by atoms with Crippen LogP contribution in [-0.4, -0.2) is 17.6 Å². The van der Waals surface area contributed by atoms with Gasteiger partial charge in [0.2, 0.25) is 0 Å². The Kier molecular flexibility index (Phi) is 4.97. The van der Waals surface area contributed by atoms with Crippen molar-refractivity contribution >= 4 is 11.7 Å². The molecule has 1 aromatic carbocycles.